The number of nitrogens with zero attached hydrogens (tertiary/aromatic N) is 3. The van der Waals surface area contributed by atoms with Crippen LogP contribution in [0.5, 0.6) is 5.75 Å². The van der Waals surface area contributed by atoms with Crippen molar-refractivity contribution in [3.63, 3.8) is 0 Å². The average molecular weight is 979 g/mol. The number of nitrogens with two attached hydrogens (primary N) is 1. The second-order valence-electron chi connectivity index (χ2n) is 19.2. The Hall–Kier alpha value is -4.72. The number of carbonyl (C=O) groups is 2. The lowest BCUT2D eigenvalue weighted by molar-refractivity contribution is -0.438. The van der Waals surface area contributed by atoms with E-state index < -0.39 is 5.97 Å². The van der Waals surface area contributed by atoms with Crippen LogP contribution in [0.15, 0.2) is 113 Å². The van der Waals surface area contributed by atoms with E-state index in [4.69, 9.17) is 45.2 Å². The third kappa shape index (κ3) is 13.7. The molecule has 0 saturated carbocycles. The Kier molecular flexibility index (Phi) is 19.5. The number of allylic oxidation sites excluding steroid dienone is 8. The van der Waals surface area contributed by atoms with Gasteiger partial charge in [0.25, 0.3) is 0 Å². The monoisotopic (exact) mass is 977 g/mol. The topological polar surface area (TPSA) is 99.1 Å². The van der Waals surface area contributed by atoms with Gasteiger partial charge in [-0.25, -0.2) is 0 Å². The van der Waals surface area contributed by atoms with Gasteiger partial charge < -0.3 is 20.5 Å². The van der Waals surface area contributed by atoms with Gasteiger partial charge in [0.05, 0.1) is 24.3 Å². The highest BCUT2D eigenvalue weighted by Crippen LogP contribution is 2.48. The minimum atomic E-state index is -0.733. The number of nitrogen functional groups attached to an aromatic ring is 1. The molecule has 3 N–H and O–H groups in total. The first kappa shape index (κ1) is 52.6. The predicted octanol–water partition coefficient (Wildman–Crippen LogP) is 13.4. The van der Waals surface area contributed by atoms with E-state index in [2.05, 4.69) is 121 Å². The van der Waals surface area contributed by atoms with Gasteiger partial charge >= 0.3 is 5.97 Å². The van der Waals surface area contributed by atoms with E-state index in [0.717, 1.165) is 112 Å². The Labute approximate surface area is 420 Å². The fourth-order valence-corrected chi connectivity index (χ4v) is 11.1. The number of carbonyl (C=O) groups excluding carboxylic acids is 1. The van der Waals surface area contributed by atoms with Gasteiger partial charge in [0, 0.05) is 82.7 Å². The van der Waals surface area contributed by atoms with Crippen LogP contribution < -0.4 is 15.4 Å². The van der Waals surface area contributed by atoms with Crippen molar-refractivity contribution in [2.24, 2.45) is 0 Å². The van der Waals surface area contributed by atoms with Gasteiger partial charge in [0.1, 0.15) is 12.3 Å². The molecule has 3 aromatic rings. The number of ether oxygens (including phenoxy) is 1. The normalized spacial score (nSPS) is 17.4. The average Bonchev–Trinajstić information content (AvgIpc) is 3.66. The molecule has 0 spiro atoms. The van der Waals surface area contributed by atoms with Crippen LogP contribution >= 0.6 is 35.0 Å². The maximum absolute atomic E-state index is 12.9. The van der Waals surface area contributed by atoms with Crippen LogP contribution in [0.2, 0.25) is 5.02 Å². The largest absolute Gasteiger partial charge is 0.491 e. The fraction of sp³-hybridized carbons (Fsp3) is 0.456. The van der Waals surface area contributed by atoms with E-state index in [0.29, 0.717) is 42.5 Å². The van der Waals surface area contributed by atoms with Crippen molar-refractivity contribution >= 4 is 68.8 Å². The molecule has 3 aromatic carbocycles. The van der Waals surface area contributed by atoms with E-state index in [1.165, 1.54) is 45.7 Å². The highest BCUT2D eigenvalue weighted by atomic mass is 35.5. The number of fused-ring (bicyclic) bond motifs is 2. The lowest BCUT2D eigenvalue weighted by Crippen LogP contribution is -2.28. The zero-order valence-electron chi connectivity index (χ0n) is 40.6. The Balaban J connectivity index is 1.02. The summed E-state index contributed by atoms with van der Waals surface area (Å²) in [5.41, 5.74) is 16.1. The van der Waals surface area contributed by atoms with Crippen LogP contribution in [-0.4, -0.2) is 76.5 Å². The van der Waals surface area contributed by atoms with Crippen LogP contribution in [0.3, 0.4) is 0 Å². The third-order valence-electron chi connectivity index (χ3n) is 13.5. The first-order chi connectivity index (χ1) is 32.7. The summed E-state index contributed by atoms with van der Waals surface area (Å²) in [6.07, 6.45) is 25.4. The number of benzene rings is 3. The number of anilines is 2. The number of carboxylic acids is 1. The molecule has 3 aliphatic rings. The summed E-state index contributed by atoms with van der Waals surface area (Å²) in [6, 6.07) is 22.6. The van der Waals surface area contributed by atoms with Crippen molar-refractivity contribution in [2.75, 3.05) is 55.7 Å². The number of para-hydroxylation sites is 2. The van der Waals surface area contributed by atoms with Crippen molar-refractivity contribution in [1.29, 1.82) is 0 Å². The molecule has 0 unspecified atom stereocenters. The summed E-state index contributed by atoms with van der Waals surface area (Å²) in [5, 5.41) is 10.8. The number of aliphatic carboxylic acids is 1. The van der Waals surface area contributed by atoms with Gasteiger partial charge in [-0.2, -0.15) is 4.58 Å². The quantitative estimate of drug-likeness (QED) is 0.0375. The Morgan fingerprint density at radius 2 is 1.62 bits per heavy atom. The first-order valence-corrected chi connectivity index (χ1v) is 26.3. The third-order valence-corrected chi connectivity index (χ3v) is 15.3. The van der Waals surface area contributed by atoms with E-state index in [9.17, 15) is 9.59 Å². The van der Waals surface area contributed by atoms with Crippen LogP contribution in [0, 0.1) is 12.3 Å². The van der Waals surface area contributed by atoms with Crippen LogP contribution in [-0.2, 0) is 20.4 Å². The molecule has 362 valence electrons. The van der Waals surface area contributed by atoms with Gasteiger partial charge in [-0.05, 0) is 125 Å². The molecular weight excluding hydrogens is 908 g/mol. The van der Waals surface area contributed by atoms with Crippen LogP contribution in [0.4, 0.5) is 17.1 Å². The molecule has 68 heavy (non-hydrogen) atoms. The molecule has 0 bridgehead atoms. The number of hydrogen-bond donors (Lipinski definition) is 2. The van der Waals surface area contributed by atoms with Crippen molar-refractivity contribution in [3.05, 3.63) is 129 Å². The molecule has 0 radical (unpaired) electrons. The molecule has 6 rings (SSSR count). The van der Waals surface area contributed by atoms with Crippen molar-refractivity contribution < 1.29 is 24.0 Å². The molecule has 8 nitrogen and oxygen atoms in total. The second-order valence-corrected chi connectivity index (χ2v) is 21.2. The Bertz CT molecular complexity index is 2460. The van der Waals surface area contributed by atoms with Gasteiger partial charge in [-0.15, -0.1) is 6.42 Å². The molecule has 0 aromatic heterocycles. The highest BCUT2D eigenvalue weighted by molar-refractivity contribution is 8.13. The van der Waals surface area contributed by atoms with E-state index in [-0.39, 0.29) is 22.4 Å². The summed E-state index contributed by atoms with van der Waals surface area (Å²) >= 11 is 14.8. The molecule has 0 fully saturated rings. The molecule has 0 amide bonds. The summed E-state index contributed by atoms with van der Waals surface area (Å²) in [7, 11) is 0. The summed E-state index contributed by atoms with van der Waals surface area (Å²) in [6.45, 7) is 13.7. The number of hydrogen-bond acceptors (Lipinski definition) is 7. The van der Waals surface area contributed by atoms with Crippen LogP contribution in [0.1, 0.15) is 122 Å². The van der Waals surface area contributed by atoms with Gasteiger partial charge in [0.2, 0.25) is 5.69 Å². The summed E-state index contributed by atoms with van der Waals surface area (Å²) < 4.78 is 8.27. The van der Waals surface area contributed by atoms with Gasteiger partial charge in [-0.3, -0.25) is 14.5 Å². The minimum Gasteiger partial charge on any atom is -0.491 e. The van der Waals surface area contributed by atoms with E-state index >= 15 is 0 Å². The molecule has 11 heteroatoms. The fourth-order valence-electron chi connectivity index (χ4n) is 9.84. The number of unbranched alkanes of at least 4 members (excludes halogenated alkanes) is 4. The second kappa shape index (κ2) is 25.2. The number of carboxylic acid groups (broad SMARTS) is 1. The minimum absolute atomic E-state index is 0.180. The first-order valence-electron chi connectivity index (χ1n) is 24.5. The van der Waals surface area contributed by atoms with Gasteiger partial charge in [0.15, 0.2) is 10.8 Å². The van der Waals surface area contributed by atoms with Gasteiger partial charge in [-0.1, -0.05) is 110 Å². The zero-order valence-corrected chi connectivity index (χ0v) is 43.0. The Morgan fingerprint density at radius 3 is 2.40 bits per heavy atom. The number of terminal acetylenes is 1. The predicted molar refractivity (Wildman–Crippen MR) is 286 cm³/mol. The number of halogens is 2. The molecular formula is C57H71Cl2N4O4S+. The van der Waals surface area contributed by atoms with E-state index in [1.54, 1.807) is 18.2 Å². The van der Waals surface area contributed by atoms with Crippen molar-refractivity contribution in [3.8, 4) is 18.1 Å². The van der Waals surface area contributed by atoms with E-state index in [1.807, 2.05) is 0 Å². The maximum Gasteiger partial charge on any atom is 0.303 e. The SMILES string of the molecule is C#CCN(CCCOc1ccc(Cl)cc1N)CCCSC(=O)CCCCCN1/C(=C\C=C2/CCCC(/C=C/C3=[N+](CCCCCC(=O)O)c4ccccc4C3(C)C)=C2Cl)C(C)(C)c2ccccc21. The molecule has 2 aliphatic heterocycles. The molecule has 2 heterocycles. The maximum atomic E-state index is 12.9. The standard InChI is InChI=1S/C57H70Cl2N4O4S/c1-6-34-61(35-18-39-67-50-31-30-44(58)41-47(50)60)36-19-40-68-54(66)27-10-8-16-38-63-49-25-14-12-23-46(49)57(4,5)52(63)33-29-43-21-17-20-42(55(43)59)28-32-51-56(2,3)45-22-11-13-24-48(45)62(51)37-15-7-9-26-53(64)65/h1,11-14,22-25,28-33,41H,7-10,15-21,26-27,34-40,60H2,2-5H3/p+1. The summed E-state index contributed by atoms with van der Waals surface area (Å²) in [4.78, 5) is 28.7. The lowest BCUT2D eigenvalue weighted by Gasteiger charge is -2.27. The number of rotatable bonds is 25. The van der Waals surface area contributed by atoms with Crippen molar-refractivity contribution in [2.45, 2.75) is 122 Å². The molecule has 0 atom stereocenters. The van der Waals surface area contributed by atoms with Crippen LogP contribution in [0.25, 0.3) is 0 Å². The summed E-state index contributed by atoms with van der Waals surface area (Å²) in [5.74, 6) is 3.44. The smallest absolute Gasteiger partial charge is 0.303 e. The highest BCUT2D eigenvalue weighted by Gasteiger charge is 2.44. The lowest BCUT2D eigenvalue weighted by atomic mass is 9.81. The molecule has 0 saturated heterocycles. The molecule has 1 aliphatic carbocycles. The zero-order chi connectivity index (χ0) is 48.7. The number of thioether (sulfide) groups is 1. The Morgan fingerprint density at radius 1 is 0.882 bits per heavy atom. The van der Waals surface area contributed by atoms with Crippen molar-refractivity contribution in [1.82, 2.24) is 4.90 Å².